The number of aryl methyl sites for hydroxylation is 1. The zero-order chi connectivity index (χ0) is 11.3. The van der Waals surface area contributed by atoms with E-state index >= 15 is 0 Å². The predicted molar refractivity (Wildman–Crippen MR) is 62.3 cm³/mol. The van der Waals surface area contributed by atoms with Crippen molar-refractivity contribution in [1.82, 2.24) is 4.98 Å². The molecule has 0 aromatic carbocycles. The van der Waals surface area contributed by atoms with Crippen LogP contribution in [0.4, 0.5) is 5.13 Å². The molecule has 1 aliphatic carbocycles. The summed E-state index contributed by atoms with van der Waals surface area (Å²) in [5.41, 5.74) is 0.648. The maximum absolute atomic E-state index is 11.0. The third-order valence-electron chi connectivity index (χ3n) is 3.63. The molecule has 2 aliphatic rings. The summed E-state index contributed by atoms with van der Waals surface area (Å²) >= 11 is 1.32. The number of aromatic nitrogens is 1. The molecule has 1 aromatic rings. The van der Waals surface area contributed by atoms with Crippen LogP contribution in [0.25, 0.3) is 0 Å². The number of fused-ring (bicyclic) bond motifs is 2. The molecular formula is C11H14N2O2S. The van der Waals surface area contributed by atoms with Gasteiger partial charge in [0.15, 0.2) is 5.13 Å². The lowest BCUT2D eigenvalue weighted by molar-refractivity contribution is 0.0701. The van der Waals surface area contributed by atoms with Crippen LogP contribution in [0.2, 0.25) is 0 Å². The van der Waals surface area contributed by atoms with E-state index in [1.807, 2.05) is 0 Å². The predicted octanol–water partition coefficient (Wildman–Crippen LogP) is 2.14. The van der Waals surface area contributed by atoms with Gasteiger partial charge in [0.2, 0.25) is 0 Å². The average molecular weight is 238 g/mol. The van der Waals surface area contributed by atoms with Gasteiger partial charge in [-0.3, -0.25) is 0 Å². The molecule has 2 heterocycles. The summed E-state index contributed by atoms with van der Waals surface area (Å²) in [6.45, 7) is 2.84. The number of hydrogen-bond donors (Lipinski definition) is 1. The smallest absolute Gasteiger partial charge is 0.347 e. The van der Waals surface area contributed by atoms with Crippen LogP contribution in [-0.2, 0) is 0 Å². The van der Waals surface area contributed by atoms with Crippen molar-refractivity contribution >= 4 is 22.4 Å². The number of carboxylic acid groups (broad SMARTS) is 1. The average Bonchev–Trinajstić information content (AvgIpc) is 2.89. The van der Waals surface area contributed by atoms with E-state index in [0.29, 0.717) is 16.6 Å². The number of piperidine rings is 1. The highest BCUT2D eigenvalue weighted by Gasteiger charge is 2.39. The second-order valence-corrected chi connectivity index (χ2v) is 5.68. The molecule has 1 aromatic heterocycles. The van der Waals surface area contributed by atoms with Crippen molar-refractivity contribution in [2.45, 2.75) is 32.2 Å². The summed E-state index contributed by atoms with van der Waals surface area (Å²) in [6, 6.07) is 0.609. The Hall–Kier alpha value is -1.10. The van der Waals surface area contributed by atoms with Gasteiger partial charge in [0, 0.05) is 12.6 Å². The Balaban J connectivity index is 1.90. The molecule has 1 aliphatic heterocycles. The molecule has 2 fully saturated rings. The van der Waals surface area contributed by atoms with Crippen LogP contribution in [0.15, 0.2) is 0 Å². The molecule has 1 saturated heterocycles. The minimum absolute atomic E-state index is 0.387. The molecule has 0 amide bonds. The monoisotopic (exact) mass is 238 g/mol. The molecule has 0 radical (unpaired) electrons. The van der Waals surface area contributed by atoms with Gasteiger partial charge >= 0.3 is 5.97 Å². The van der Waals surface area contributed by atoms with Crippen molar-refractivity contribution in [3.63, 3.8) is 0 Å². The molecule has 1 saturated carbocycles. The molecule has 86 valence electrons. The molecule has 5 heteroatoms. The zero-order valence-electron chi connectivity index (χ0n) is 9.14. The largest absolute Gasteiger partial charge is 0.477 e. The maximum atomic E-state index is 11.0. The van der Waals surface area contributed by atoms with Crippen molar-refractivity contribution in [3.05, 3.63) is 10.6 Å². The summed E-state index contributed by atoms with van der Waals surface area (Å²) in [5.74, 6) is -0.0481. The summed E-state index contributed by atoms with van der Waals surface area (Å²) in [6.07, 6.45) is 3.84. The first-order chi connectivity index (χ1) is 7.65. The van der Waals surface area contributed by atoms with Gasteiger partial charge in [0.1, 0.15) is 4.88 Å². The van der Waals surface area contributed by atoms with E-state index in [-0.39, 0.29) is 0 Å². The van der Waals surface area contributed by atoms with E-state index < -0.39 is 5.97 Å². The number of hydrogen-bond acceptors (Lipinski definition) is 4. The molecular weight excluding hydrogens is 224 g/mol. The minimum Gasteiger partial charge on any atom is -0.477 e. The van der Waals surface area contributed by atoms with Gasteiger partial charge in [-0.15, -0.1) is 0 Å². The molecule has 2 bridgehead atoms. The normalized spacial score (nSPS) is 27.7. The van der Waals surface area contributed by atoms with E-state index in [9.17, 15) is 4.79 Å². The van der Waals surface area contributed by atoms with Crippen molar-refractivity contribution in [3.8, 4) is 0 Å². The number of carbonyl (C=O) groups is 1. The van der Waals surface area contributed by atoms with Gasteiger partial charge in [0.05, 0.1) is 5.69 Å². The topological polar surface area (TPSA) is 53.4 Å². The van der Waals surface area contributed by atoms with Crippen molar-refractivity contribution in [2.75, 3.05) is 11.4 Å². The number of aromatic carboxylic acids is 1. The van der Waals surface area contributed by atoms with E-state index in [1.54, 1.807) is 6.92 Å². The fourth-order valence-electron chi connectivity index (χ4n) is 2.86. The van der Waals surface area contributed by atoms with Crippen LogP contribution in [0.1, 0.15) is 34.6 Å². The standard InChI is InChI=1S/C11H14N2O2S/c1-6-9(10(14)15)16-11(12-6)13-5-7-2-3-8(13)4-7/h7-8H,2-5H2,1H3,(H,14,15). The number of anilines is 1. The Labute approximate surface area is 97.9 Å². The molecule has 2 atom stereocenters. The number of thiazole rings is 1. The van der Waals surface area contributed by atoms with E-state index in [2.05, 4.69) is 9.88 Å². The third-order valence-corrected chi connectivity index (χ3v) is 4.82. The van der Waals surface area contributed by atoms with E-state index in [0.717, 1.165) is 17.6 Å². The fourth-order valence-corrected chi connectivity index (χ4v) is 3.85. The van der Waals surface area contributed by atoms with Crippen molar-refractivity contribution in [1.29, 1.82) is 0 Å². The first-order valence-corrected chi connectivity index (χ1v) is 6.44. The summed E-state index contributed by atoms with van der Waals surface area (Å²) in [4.78, 5) is 18.0. The van der Waals surface area contributed by atoms with Crippen LogP contribution in [0.5, 0.6) is 0 Å². The lowest BCUT2D eigenvalue weighted by Gasteiger charge is -2.26. The van der Waals surface area contributed by atoms with Crippen molar-refractivity contribution in [2.24, 2.45) is 5.92 Å². The SMILES string of the molecule is Cc1nc(N2CC3CCC2C3)sc1C(=O)O. The Morgan fingerprint density at radius 2 is 2.38 bits per heavy atom. The summed E-state index contributed by atoms with van der Waals surface area (Å²) < 4.78 is 0. The van der Waals surface area contributed by atoms with Crippen LogP contribution in [0, 0.1) is 12.8 Å². The van der Waals surface area contributed by atoms with Crippen LogP contribution >= 0.6 is 11.3 Å². The highest BCUT2D eigenvalue weighted by molar-refractivity contribution is 7.17. The van der Waals surface area contributed by atoms with Crippen molar-refractivity contribution < 1.29 is 9.90 Å². The molecule has 3 rings (SSSR count). The first kappa shape index (κ1) is 10.1. The van der Waals surface area contributed by atoms with Gasteiger partial charge in [-0.2, -0.15) is 0 Å². The van der Waals surface area contributed by atoms with Gasteiger partial charge < -0.3 is 10.0 Å². The Kier molecular flexibility index (Phi) is 2.17. The number of nitrogens with zero attached hydrogens (tertiary/aromatic N) is 2. The van der Waals surface area contributed by atoms with Crippen LogP contribution in [0.3, 0.4) is 0 Å². The molecule has 4 nitrogen and oxygen atoms in total. The highest BCUT2D eigenvalue weighted by Crippen LogP contribution is 2.41. The molecule has 16 heavy (non-hydrogen) atoms. The summed E-state index contributed by atoms with van der Waals surface area (Å²) in [7, 11) is 0. The zero-order valence-corrected chi connectivity index (χ0v) is 9.96. The molecule has 1 N–H and O–H groups in total. The van der Waals surface area contributed by atoms with E-state index in [4.69, 9.17) is 5.11 Å². The lowest BCUT2D eigenvalue weighted by Crippen LogP contribution is -2.31. The Morgan fingerprint density at radius 3 is 2.88 bits per heavy atom. The maximum Gasteiger partial charge on any atom is 0.347 e. The van der Waals surface area contributed by atoms with Gasteiger partial charge in [0.25, 0.3) is 0 Å². The third kappa shape index (κ3) is 1.42. The number of carboxylic acids is 1. The molecule has 0 spiro atoms. The quantitative estimate of drug-likeness (QED) is 0.857. The lowest BCUT2D eigenvalue weighted by atomic mass is 10.1. The van der Waals surface area contributed by atoms with Gasteiger partial charge in [-0.05, 0) is 32.1 Å². The van der Waals surface area contributed by atoms with Gasteiger partial charge in [-0.25, -0.2) is 9.78 Å². The first-order valence-electron chi connectivity index (χ1n) is 5.62. The van der Waals surface area contributed by atoms with Crippen LogP contribution in [-0.4, -0.2) is 28.6 Å². The van der Waals surface area contributed by atoms with Gasteiger partial charge in [-0.1, -0.05) is 11.3 Å². The second-order valence-electron chi connectivity index (χ2n) is 4.70. The van der Waals surface area contributed by atoms with E-state index in [1.165, 1.54) is 30.6 Å². The number of rotatable bonds is 2. The Bertz CT molecular complexity index is 443. The second kappa shape index (κ2) is 3.45. The summed E-state index contributed by atoms with van der Waals surface area (Å²) in [5, 5.41) is 9.91. The van der Waals surface area contributed by atoms with Crippen LogP contribution < -0.4 is 4.90 Å². The highest BCUT2D eigenvalue weighted by atomic mass is 32.1. The fraction of sp³-hybridized carbons (Fsp3) is 0.636. The minimum atomic E-state index is -0.856. The Morgan fingerprint density at radius 1 is 1.56 bits per heavy atom. The molecule has 2 unspecified atom stereocenters.